The number of hydrogen-bond acceptors (Lipinski definition) is 4. The highest BCUT2D eigenvalue weighted by Gasteiger charge is 2.07. The van der Waals surface area contributed by atoms with Crippen molar-refractivity contribution >= 4 is 5.91 Å². The molecule has 20 heavy (non-hydrogen) atoms. The van der Waals surface area contributed by atoms with Crippen molar-refractivity contribution in [3.63, 3.8) is 0 Å². The van der Waals surface area contributed by atoms with Crippen molar-refractivity contribution in [1.82, 2.24) is 10.6 Å². The summed E-state index contributed by atoms with van der Waals surface area (Å²) in [7, 11) is 1.90. The molecule has 0 bridgehead atoms. The van der Waals surface area contributed by atoms with Crippen LogP contribution in [-0.2, 0) is 11.3 Å². The molecule has 5 nitrogen and oxygen atoms in total. The Kier molecular flexibility index (Phi) is 7.50. The number of amides is 1. The molecule has 0 spiro atoms. The molecule has 0 aliphatic carbocycles. The quantitative estimate of drug-likeness (QED) is 0.723. The van der Waals surface area contributed by atoms with Crippen molar-refractivity contribution < 1.29 is 14.3 Å². The summed E-state index contributed by atoms with van der Waals surface area (Å²) in [6, 6.07) is 5.83. The van der Waals surface area contributed by atoms with E-state index in [4.69, 9.17) is 9.47 Å². The maximum absolute atomic E-state index is 11.4. The second-order valence-electron chi connectivity index (χ2n) is 4.30. The van der Waals surface area contributed by atoms with E-state index in [9.17, 15) is 4.79 Å². The molecule has 0 atom stereocenters. The topological polar surface area (TPSA) is 59.6 Å². The van der Waals surface area contributed by atoms with Gasteiger partial charge in [-0.2, -0.15) is 0 Å². The summed E-state index contributed by atoms with van der Waals surface area (Å²) in [5.41, 5.74) is 1.13. The van der Waals surface area contributed by atoms with E-state index >= 15 is 0 Å². The van der Waals surface area contributed by atoms with Gasteiger partial charge in [-0.1, -0.05) is 6.07 Å². The van der Waals surface area contributed by atoms with Gasteiger partial charge >= 0.3 is 0 Å². The fraction of sp³-hybridized carbons (Fsp3) is 0.533. The summed E-state index contributed by atoms with van der Waals surface area (Å²) in [6.07, 6.45) is 0.345. The van der Waals surface area contributed by atoms with E-state index < -0.39 is 0 Å². The fourth-order valence-corrected chi connectivity index (χ4v) is 1.79. The number of carbonyl (C=O) groups is 1. The largest absolute Gasteiger partial charge is 0.490 e. The molecule has 0 aromatic heterocycles. The lowest BCUT2D eigenvalue weighted by Crippen LogP contribution is -2.24. The molecule has 1 aromatic rings. The smallest absolute Gasteiger partial charge is 0.223 e. The predicted octanol–water partition coefficient (Wildman–Crippen LogP) is 1.71. The monoisotopic (exact) mass is 280 g/mol. The first kappa shape index (κ1) is 16.3. The second kappa shape index (κ2) is 9.20. The summed E-state index contributed by atoms with van der Waals surface area (Å²) in [6.45, 7) is 6.17. The van der Waals surface area contributed by atoms with Crippen molar-refractivity contribution in [3.8, 4) is 11.5 Å². The van der Waals surface area contributed by atoms with Gasteiger partial charge in [0.15, 0.2) is 11.5 Å². The van der Waals surface area contributed by atoms with E-state index in [2.05, 4.69) is 10.6 Å². The Morgan fingerprint density at radius 2 is 2.00 bits per heavy atom. The molecule has 0 aliphatic rings. The summed E-state index contributed by atoms with van der Waals surface area (Å²) in [4.78, 5) is 11.4. The Hall–Kier alpha value is -1.75. The van der Waals surface area contributed by atoms with Gasteiger partial charge < -0.3 is 20.1 Å². The molecule has 112 valence electrons. The number of carbonyl (C=O) groups excluding carboxylic acids is 1. The molecular weight excluding hydrogens is 256 g/mol. The lowest BCUT2D eigenvalue weighted by atomic mass is 10.2. The first-order valence-electron chi connectivity index (χ1n) is 7.01. The predicted molar refractivity (Wildman–Crippen MR) is 79.2 cm³/mol. The van der Waals surface area contributed by atoms with Crippen LogP contribution >= 0.6 is 0 Å². The Balaban J connectivity index is 2.61. The molecule has 1 amide bonds. The zero-order valence-corrected chi connectivity index (χ0v) is 12.5. The third-order valence-corrected chi connectivity index (χ3v) is 2.65. The van der Waals surface area contributed by atoms with Crippen molar-refractivity contribution in [2.24, 2.45) is 0 Å². The van der Waals surface area contributed by atoms with Crippen molar-refractivity contribution in [3.05, 3.63) is 23.8 Å². The highest BCUT2D eigenvalue weighted by atomic mass is 16.5. The Labute approximate surface area is 120 Å². The lowest BCUT2D eigenvalue weighted by Gasteiger charge is -2.13. The average Bonchev–Trinajstić information content (AvgIpc) is 2.42. The van der Waals surface area contributed by atoms with Crippen LogP contribution in [0.1, 0.15) is 25.8 Å². The summed E-state index contributed by atoms with van der Waals surface area (Å²) in [5, 5.41) is 5.83. The van der Waals surface area contributed by atoms with Crippen LogP contribution in [0.3, 0.4) is 0 Å². The Bertz CT molecular complexity index is 422. The van der Waals surface area contributed by atoms with Crippen LogP contribution < -0.4 is 20.1 Å². The number of hydrogen-bond donors (Lipinski definition) is 2. The van der Waals surface area contributed by atoms with Gasteiger partial charge in [0.2, 0.25) is 5.91 Å². The number of ether oxygens (including phenoxy) is 2. The second-order valence-corrected chi connectivity index (χ2v) is 4.30. The molecule has 0 aliphatic heterocycles. The molecule has 1 aromatic carbocycles. The molecule has 1 rings (SSSR count). The number of rotatable bonds is 9. The van der Waals surface area contributed by atoms with Crippen LogP contribution in [0.2, 0.25) is 0 Å². The molecule has 5 heteroatoms. The van der Waals surface area contributed by atoms with Gasteiger partial charge in [-0.15, -0.1) is 0 Å². The SMILES string of the molecule is CCNC(=O)CCOc1ccc(CNC)cc1OCC. The first-order chi connectivity index (χ1) is 9.71. The minimum atomic E-state index is -0.00253. The van der Waals surface area contributed by atoms with Gasteiger partial charge in [0, 0.05) is 13.1 Å². The van der Waals surface area contributed by atoms with Gasteiger partial charge in [-0.25, -0.2) is 0 Å². The summed E-state index contributed by atoms with van der Waals surface area (Å²) in [5.74, 6) is 1.39. The molecule has 0 saturated heterocycles. The van der Waals surface area contributed by atoms with E-state index in [0.29, 0.717) is 31.9 Å². The van der Waals surface area contributed by atoms with Crippen molar-refractivity contribution in [2.75, 3.05) is 26.8 Å². The van der Waals surface area contributed by atoms with E-state index in [-0.39, 0.29) is 5.91 Å². The maximum Gasteiger partial charge on any atom is 0.223 e. The van der Waals surface area contributed by atoms with Crippen LogP contribution in [0.25, 0.3) is 0 Å². The minimum Gasteiger partial charge on any atom is -0.490 e. The van der Waals surface area contributed by atoms with Crippen LogP contribution in [0.5, 0.6) is 11.5 Å². The normalized spacial score (nSPS) is 10.2. The molecule has 0 saturated carbocycles. The maximum atomic E-state index is 11.4. The Morgan fingerprint density at radius 1 is 1.20 bits per heavy atom. The lowest BCUT2D eigenvalue weighted by molar-refractivity contribution is -0.121. The zero-order valence-electron chi connectivity index (χ0n) is 12.5. The van der Waals surface area contributed by atoms with Gasteiger partial charge in [0.1, 0.15) is 0 Å². The molecule has 0 fully saturated rings. The van der Waals surface area contributed by atoms with E-state index in [1.165, 1.54) is 0 Å². The van der Waals surface area contributed by atoms with Gasteiger partial charge in [-0.3, -0.25) is 4.79 Å². The van der Waals surface area contributed by atoms with Crippen LogP contribution in [-0.4, -0.2) is 32.7 Å². The average molecular weight is 280 g/mol. The molecular formula is C15H24N2O3. The molecule has 2 N–H and O–H groups in total. The highest BCUT2D eigenvalue weighted by Crippen LogP contribution is 2.28. The summed E-state index contributed by atoms with van der Waals surface area (Å²) < 4.78 is 11.2. The third-order valence-electron chi connectivity index (χ3n) is 2.65. The molecule has 0 unspecified atom stereocenters. The van der Waals surface area contributed by atoms with Gasteiger partial charge in [-0.05, 0) is 38.6 Å². The summed E-state index contributed by atoms with van der Waals surface area (Å²) >= 11 is 0. The molecule has 0 radical (unpaired) electrons. The van der Waals surface area contributed by atoms with E-state index in [1.54, 1.807) is 0 Å². The minimum absolute atomic E-state index is 0.00253. The van der Waals surface area contributed by atoms with Crippen LogP contribution in [0.4, 0.5) is 0 Å². The Morgan fingerprint density at radius 3 is 2.65 bits per heavy atom. The van der Waals surface area contributed by atoms with Crippen LogP contribution in [0.15, 0.2) is 18.2 Å². The van der Waals surface area contributed by atoms with Gasteiger partial charge in [0.05, 0.1) is 19.6 Å². The fourth-order valence-electron chi connectivity index (χ4n) is 1.79. The molecule has 0 heterocycles. The van der Waals surface area contributed by atoms with E-state index in [0.717, 1.165) is 17.9 Å². The highest BCUT2D eigenvalue weighted by molar-refractivity contribution is 5.75. The standard InChI is InChI=1S/C15H24N2O3/c1-4-17-15(18)8-9-20-13-7-6-12(11-16-3)10-14(13)19-5-2/h6-7,10,16H,4-5,8-9,11H2,1-3H3,(H,17,18). The third kappa shape index (κ3) is 5.48. The first-order valence-corrected chi connectivity index (χ1v) is 7.01. The number of benzene rings is 1. The van der Waals surface area contributed by atoms with Crippen molar-refractivity contribution in [2.45, 2.75) is 26.8 Å². The van der Waals surface area contributed by atoms with E-state index in [1.807, 2.05) is 39.1 Å². The zero-order chi connectivity index (χ0) is 14.8. The van der Waals surface area contributed by atoms with Crippen molar-refractivity contribution in [1.29, 1.82) is 0 Å². The van der Waals surface area contributed by atoms with Gasteiger partial charge in [0.25, 0.3) is 0 Å². The van der Waals surface area contributed by atoms with Crippen LogP contribution in [0, 0.1) is 0 Å². The number of nitrogens with one attached hydrogen (secondary N) is 2.